The van der Waals surface area contributed by atoms with Crippen LogP contribution in [0.25, 0.3) is 0 Å². The van der Waals surface area contributed by atoms with E-state index < -0.39 is 5.54 Å². The molecule has 1 amide bonds. The molecule has 0 radical (unpaired) electrons. The second kappa shape index (κ2) is 4.52. The second-order valence-electron chi connectivity index (χ2n) is 5.35. The third-order valence-electron chi connectivity index (χ3n) is 3.56. The van der Waals surface area contributed by atoms with Gasteiger partial charge in [-0.05, 0) is 46.6 Å². The molecule has 1 fully saturated rings. The number of piperidine rings is 1. The first-order valence-corrected chi connectivity index (χ1v) is 5.88. The van der Waals surface area contributed by atoms with Crippen molar-refractivity contribution in [2.24, 2.45) is 5.92 Å². The molecule has 0 bridgehead atoms. The number of likely N-dealkylation sites (N-methyl/N-ethyl adjacent to an activating group) is 1. The highest BCUT2D eigenvalue weighted by Crippen LogP contribution is 2.24. The average Bonchev–Trinajstić information content (AvgIpc) is 2.17. The van der Waals surface area contributed by atoms with Crippen molar-refractivity contribution in [2.75, 3.05) is 13.6 Å². The molecule has 0 aromatic carbocycles. The van der Waals surface area contributed by atoms with Crippen LogP contribution in [0.1, 0.15) is 40.5 Å². The number of carbonyl (C=O) groups is 1. The minimum atomic E-state index is -0.436. The van der Waals surface area contributed by atoms with E-state index in [9.17, 15) is 4.79 Å². The Morgan fingerprint density at radius 3 is 2.47 bits per heavy atom. The van der Waals surface area contributed by atoms with Crippen molar-refractivity contribution in [3.63, 3.8) is 0 Å². The van der Waals surface area contributed by atoms with Crippen molar-refractivity contribution < 1.29 is 4.79 Å². The van der Waals surface area contributed by atoms with Gasteiger partial charge in [0.25, 0.3) is 0 Å². The fourth-order valence-corrected chi connectivity index (χ4v) is 2.17. The van der Waals surface area contributed by atoms with Gasteiger partial charge in [-0.15, -0.1) is 0 Å². The van der Waals surface area contributed by atoms with E-state index in [4.69, 9.17) is 0 Å². The number of nitrogens with zero attached hydrogens (tertiary/aromatic N) is 1. The predicted molar refractivity (Wildman–Crippen MR) is 62.7 cm³/mol. The van der Waals surface area contributed by atoms with Gasteiger partial charge >= 0.3 is 0 Å². The SMILES string of the molecule is CNC(C)(C)C(=O)N1CCC(C)CC1C. The summed E-state index contributed by atoms with van der Waals surface area (Å²) in [6.07, 6.45) is 2.27. The van der Waals surface area contributed by atoms with Gasteiger partial charge in [-0.25, -0.2) is 0 Å². The Bertz CT molecular complexity index is 238. The van der Waals surface area contributed by atoms with Gasteiger partial charge in [0.15, 0.2) is 0 Å². The molecular formula is C12H24N2O. The summed E-state index contributed by atoms with van der Waals surface area (Å²) >= 11 is 0. The molecule has 1 saturated heterocycles. The Balaban J connectivity index is 2.68. The van der Waals surface area contributed by atoms with Crippen molar-refractivity contribution in [1.82, 2.24) is 10.2 Å². The Morgan fingerprint density at radius 1 is 1.40 bits per heavy atom. The van der Waals surface area contributed by atoms with Crippen LogP contribution in [0, 0.1) is 5.92 Å². The summed E-state index contributed by atoms with van der Waals surface area (Å²) in [6.45, 7) is 9.22. The maximum Gasteiger partial charge on any atom is 0.242 e. The van der Waals surface area contributed by atoms with Crippen LogP contribution in [0.2, 0.25) is 0 Å². The van der Waals surface area contributed by atoms with Gasteiger partial charge in [0, 0.05) is 12.6 Å². The quantitative estimate of drug-likeness (QED) is 0.754. The smallest absolute Gasteiger partial charge is 0.242 e. The Morgan fingerprint density at radius 2 is 2.00 bits per heavy atom. The van der Waals surface area contributed by atoms with Crippen molar-refractivity contribution in [3.05, 3.63) is 0 Å². The summed E-state index contributed by atoms with van der Waals surface area (Å²) < 4.78 is 0. The number of hydrogen-bond acceptors (Lipinski definition) is 2. The maximum absolute atomic E-state index is 12.2. The molecule has 0 aliphatic carbocycles. The highest BCUT2D eigenvalue weighted by molar-refractivity contribution is 5.85. The van der Waals surface area contributed by atoms with Crippen LogP contribution in [-0.2, 0) is 4.79 Å². The van der Waals surface area contributed by atoms with Crippen LogP contribution in [0.5, 0.6) is 0 Å². The lowest BCUT2D eigenvalue weighted by molar-refractivity contribution is -0.140. The standard InChI is InChI=1S/C12H24N2O/c1-9-6-7-14(10(2)8-9)11(15)12(3,4)13-5/h9-10,13H,6-8H2,1-5H3. The highest BCUT2D eigenvalue weighted by atomic mass is 16.2. The molecule has 0 saturated carbocycles. The fraction of sp³-hybridized carbons (Fsp3) is 0.917. The first-order chi connectivity index (χ1) is 6.88. The third-order valence-corrected chi connectivity index (χ3v) is 3.56. The lowest BCUT2D eigenvalue weighted by atomic mass is 9.91. The maximum atomic E-state index is 12.2. The molecule has 0 aromatic rings. The van der Waals surface area contributed by atoms with E-state index in [2.05, 4.69) is 19.2 Å². The van der Waals surface area contributed by atoms with Crippen LogP contribution in [0.3, 0.4) is 0 Å². The molecule has 15 heavy (non-hydrogen) atoms. The van der Waals surface area contributed by atoms with Crippen molar-refractivity contribution in [3.8, 4) is 0 Å². The minimum Gasteiger partial charge on any atom is -0.338 e. The zero-order chi connectivity index (χ0) is 11.6. The van der Waals surface area contributed by atoms with E-state index in [0.29, 0.717) is 6.04 Å². The topological polar surface area (TPSA) is 32.3 Å². The van der Waals surface area contributed by atoms with Crippen molar-refractivity contribution in [2.45, 2.75) is 52.1 Å². The molecule has 0 aromatic heterocycles. The molecule has 88 valence electrons. The van der Waals surface area contributed by atoms with Crippen LogP contribution >= 0.6 is 0 Å². The molecule has 1 rings (SSSR count). The van der Waals surface area contributed by atoms with Gasteiger partial charge in [0.05, 0.1) is 5.54 Å². The Kier molecular flexibility index (Phi) is 3.77. The molecule has 1 N–H and O–H groups in total. The normalized spacial score (nSPS) is 27.9. The van der Waals surface area contributed by atoms with E-state index in [1.165, 1.54) is 0 Å². The molecule has 2 atom stereocenters. The van der Waals surface area contributed by atoms with Crippen molar-refractivity contribution in [1.29, 1.82) is 0 Å². The van der Waals surface area contributed by atoms with Crippen LogP contribution in [0.4, 0.5) is 0 Å². The zero-order valence-electron chi connectivity index (χ0n) is 10.6. The van der Waals surface area contributed by atoms with Crippen LogP contribution in [0.15, 0.2) is 0 Å². The van der Waals surface area contributed by atoms with Gasteiger partial charge in [-0.3, -0.25) is 4.79 Å². The van der Waals surface area contributed by atoms with Gasteiger partial charge in [-0.1, -0.05) is 6.92 Å². The number of likely N-dealkylation sites (tertiary alicyclic amines) is 1. The predicted octanol–water partition coefficient (Wildman–Crippen LogP) is 1.63. The van der Waals surface area contributed by atoms with Crippen LogP contribution in [-0.4, -0.2) is 36.0 Å². The lowest BCUT2D eigenvalue weighted by Gasteiger charge is -2.40. The third kappa shape index (κ3) is 2.71. The lowest BCUT2D eigenvalue weighted by Crippen LogP contribution is -2.56. The Labute approximate surface area is 93.2 Å². The largest absolute Gasteiger partial charge is 0.338 e. The number of carbonyl (C=O) groups excluding carboxylic acids is 1. The summed E-state index contributed by atoms with van der Waals surface area (Å²) in [5.74, 6) is 0.978. The number of nitrogens with one attached hydrogen (secondary N) is 1. The molecule has 2 unspecified atom stereocenters. The second-order valence-corrected chi connectivity index (χ2v) is 5.35. The monoisotopic (exact) mass is 212 g/mol. The van der Waals surface area contributed by atoms with E-state index in [0.717, 1.165) is 25.3 Å². The van der Waals surface area contributed by atoms with E-state index in [-0.39, 0.29) is 5.91 Å². The first-order valence-electron chi connectivity index (χ1n) is 5.88. The number of amides is 1. The van der Waals surface area contributed by atoms with Gasteiger partial charge in [0.1, 0.15) is 0 Å². The molecule has 1 aliphatic heterocycles. The average molecular weight is 212 g/mol. The molecule has 3 nitrogen and oxygen atoms in total. The minimum absolute atomic E-state index is 0.226. The Hall–Kier alpha value is -0.570. The molecule has 1 heterocycles. The molecule has 0 spiro atoms. The summed E-state index contributed by atoms with van der Waals surface area (Å²) in [6, 6.07) is 0.383. The molecule has 3 heteroatoms. The van der Waals surface area contributed by atoms with Gasteiger partial charge < -0.3 is 10.2 Å². The summed E-state index contributed by atoms with van der Waals surface area (Å²) in [5, 5.41) is 3.08. The number of hydrogen-bond donors (Lipinski definition) is 1. The van der Waals surface area contributed by atoms with Crippen LogP contribution < -0.4 is 5.32 Å². The molecule has 1 aliphatic rings. The summed E-state index contributed by atoms with van der Waals surface area (Å²) in [5.41, 5.74) is -0.436. The van der Waals surface area contributed by atoms with Gasteiger partial charge in [0.2, 0.25) is 5.91 Å². The van der Waals surface area contributed by atoms with Crippen molar-refractivity contribution >= 4 is 5.91 Å². The first kappa shape index (κ1) is 12.5. The van der Waals surface area contributed by atoms with E-state index >= 15 is 0 Å². The zero-order valence-corrected chi connectivity index (χ0v) is 10.6. The van der Waals surface area contributed by atoms with E-state index in [1.54, 1.807) is 0 Å². The fourth-order valence-electron chi connectivity index (χ4n) is 2.17. The molecular weight excluding hydrogens is 188 g/mol. The summed E-state index contributed by atoms with van der Waals surface area (Å²) in [4.78, 5) is 14.3. The van der Waals surface area contributed by atoms with E-state index in [1.807, 2.05) is 25.8 Å². The highest BCUT2D eigenvalue weighted by Gasteiger charge is 2.35. The summed E-state index contributed by atoms with van der Waals surface area (Å²) in [7, 11) is 1.84. The number of rotatable bonds is 2. The van der Waals surface area contributed by atoms with Gasteiger partial charge in [-0.2, -0.15) is 0 Å².